The molecule has 0 aromatic carbocycles. The van der Waals surface area contributed by atoms with Crippen LogP contribution in [-0.2, 0) is 14.4 Å². The molecule has 1 atom stereocenters. The third-order valence-corrected chi connectivity index (χ3v) is 5.97. The Labute approximate surface area is 203 Å². The molecular weight excluding hydrogens is 440 g/mol. The fourth-order valence-corrected chi connectivity index (χ4v) is 4.32. The lowest BCUT2D eigenvalue weighted by molar-refractivity contribution is -0.131. The van der Waals surface area contributed by atoms with E-state index in [1.54, 1.807) is 16.8 Å². The summed E-state index contributed by atoms with van der Waals surface area (Å²) in [6, 6.07) is 0. The highest BCUT2D eigenvalue weighted by atomic mass is 32.1. The number of thiazole rings is 1. The maximum Gasteiger partial charge on any atom is 0.242 e. The molecule has 2 heterocycles. The number of amides is 3. The maximum absolute atomic E-state index is 11.3. The number of nitrogens with zero attached hydrogens (tertiary/aromatic N) is 2. The van der Waals surface area contributed by atoms with Crippen molar-refractivity contribution in [2.75, 3.05) is 26.7 Å². The molecule has 190 valence electrons. The summed E-state index contributed by atoms with van der Waals surface area (Å²) in [4.78, 5) is 38.3. The zero-order valence-corrected chi connectivity index (χ0v) is 22.0. The van der Waals surface area contributed by atoms with E-state index in [0.29, 0.717) is 25.9 Å². The minimum Gasteiger partial charge on any atom is -0.391 e. The Morgan fingerprint density at radius 2 is 1.82 bits per heavy atom. The van der Waals surface area contributed by atoms with Gasteiger partial charge in [0.15, 0.2) is 0 Å². The highest BCUT2D eigenvalue weighted by molar-refractivity contribution is 7.09. The average Bonchev–Trinajstić information content (AvgIpc) is 3.41. The highest BCUT2D eigenvalue weighted by Gasteiger charge is 2.24. The summed E-state index contributed by atoms with van der Waals surface area (Å²) in [5.74, 6) is 1.33. The summed E-state index contributed by atoms with van der Waals surface area (Å²) in [6.45, 7) is 11.0. The molecule has 8 nitrogen and oxygen atoms in total. The van der Waals surface area contributed by atoms with Crippen LogP contribution < -0.4 is 10.6 Å². The minimum atomic E-state index is -0.402. The predicted molar refractivity (Wildman–Crippen MR) is 134 cm³/mol. The first-order valence-corrected chi connectivity index (χ1v) is 12.7. The van der Waals surface area contributed by atoms with Gasteiger partial charge in [0.2, 0.25) is 18.2 Å². The molecule has 1 saturated carbocycles. The van der Waals surface area contributed by atoms with Gasteiger partial charge in [-0.1, -0.05) is 40.0 Å². The molecule has 9 heteroatoms. The Bertz CT molecular complexity index is 672. The Kier molecular flexibility index (Phi) is 17.3. The van der Waals surface area contributed by atoms with Crippen molar-refractivity contribution in [1.29, 1.82) is 0 Å². The Hall–Kier alpha value is -2.00. The zero-order chi connectivity index (χ0) is 25.2. The monoisotopic (exact) mass is 484 g/mol. The van der Waals surface area contributed by atoms with E-state index in [9.17, 15) is 9.59 Å². The standard InChI is InChI=1S/C10H15NS.C8H14N2O3.C4H10.C2H5NO/c1-8-10(12-7-11-8)9-5-3-2-4-6-9;1-6(11)9-4-8(13)10-3-2-7(12)5-10;1-4(2)3;1-3-2-4/h7,9H,2-6H2,1H3;7,12H,2-5H2,1H3,(H,9,11);4H,1-3H3;2H,1H3,(H,3,4). The first-order chi connectivity index (χ1) is 15.6. The summed E-state index contributed by atoms with van der Waals surface area (Å²) >= 11 is 1.84. The number of likely N-dealkylation sites (tertiary alicyclic amines) is 1. The number of rotatable bonds is 4. The lowest BCUT2D eigenvalue weighted by Crippen LogP contribution is -2.38. The molecule has 2 aliphatic rings. The van der Waals surface area contributed by atoms with Crippen molar-refractivity contribution in [2.45, 2.75) is 85.2 Å². The van der Waals surface area contributed by atoms with E-state index in [1.165, 1.54) is 44.7 Å². The lowest BCUT2D eigenvalue weighted by Gasteiger charge is -2.20. The molecule has 3 rings (SSSR count). The summed E-state index contributed by atoms with van der Waals surface area (Å²) < 4.78 is 0. The summed E-state index contributed by atoms with van der Waals surface area (Å²) in [7, 11) is 1.56. The number of nitrogens with one attached hydrogen (secondary N) is 2. The van der Waals surface area contributed by atoms with Gasteiger partial charge in [-0.15, -0.1) is 11.3 Å². The molecule has 0 spiro atoms. The first-order valence-electron chi connectivity index (χ1n) is 11.8. The summed E-state index contributed by atoms with van der Waals surface area (Å²) in [5, 5.41) is 13.8. The van der Waals surface area contributed by atoms with Gasteiger partial charge in [-0.3, -0.25) is 14.4 Å². The topological polar surface area (TPSA) is 112 Å². The van der Waals surface area contributed by atoms with Crippen molar-refractivity contribution in [3.05, 3.63) is 16.1 Å². The summed E-state index contributed by atoms with van der Waals surface area (Å²) in [6.07, 6.45) is 7.91. The van der Waals surface area contributed by atoms with E-state index in [0.717, 1.165) is 11.8 Å². The van der Waals surface area contributed by atoms with Gasteiger partial charge in [0, 0.05) is 31.9 Å². The van der Waals surface area contributed by atoms with Crippen molar-refractivity contribution in [2.24, 2.45) is 5.92 Å². The van der Waals surface area contributed by atoms with Crippen molar-refractivity contribution in [3.63, 3.8) is 0 Å². The number of aryl methyl sites for hydroxylation is 1. The quantitative estimate of drug-likeness (QED) is 0.568. The van der Waals surface area contributed by atoms with E-state index in [-0.39, 0.29) is 18.4 Å². The first kappa shape index (κ1) is 31.0. The molecule has 1 saturated heterocycles. The third-order valence-electron chi connectivity index (χ3n) is 4.88. The van der Waals surface area contributed by atoms with Gasteiger partial charge >= 0.3 is 0 Å². The van der Waals surface area contributed by atoms with Crippen LogP contribution in [0.3, 0.4) is 0 Å². The largest absolute Gasteiger partial charge is 0.391 e. The normalized spacial score (nSPS) is 17.5. The van der Waals surface area contributed by atoms with Crippen molar-refractivity contribution in [1.82, 2.24) is 20.5 Å². The van der Waals surface area contributed by atoms with Crippen molar-refractivity contribution in [3.8, 4) is 0 Å². The van der Waals surface area contributed by atoms with Crippen LogP contribution in [0.15, 0.2) is 5.51 Å². The van der Waals surface area contributed by atoms with Gasteiger partial charge < -0.3 is 20.6 Å². The van der Waals surface area contributed by atoms with Crippen molar-refractivity contribution >= 4 is 29.6 Å². The third kappa shape index (κ3) is 15.5. The van der Waals surface area contributed by atoms with Crippen LogP contribution in [0.4, 0.5) is 0 Å². The number of hydrogen-bond acceptors (Lipinski definition) is 6. The molecule has 33 heavy (non-hydrogen) atoms. The number of carbonyl (C=O) groups is 3. The number of carbonyl (C=O) groups excluding carboxylic acids is 3. The Morgan fingerprint density at radius 3 is 2.21 bits per heavy atom. The Balaban J connectivity index is 0.000000472. The van der Waals surface area contributed by atoms with Crippen LogP contribution >= 0.6 is 11.3 Å². The SMILES string of the molecule is CC(=O)NCC(=O)N1CCC(O)C1.CC(C)C.CNC=O.Cc1ncsc1C1CCCCC1. The fourth-order valence-electron chi connectivity index (χ4n) is 3.35. The molecule has 0 bridgehead atoms. The van der Waals surface area contributed by atoms with E-state index >= 15 is 0 Å². The van der Waals surface area contributed by atoms with Crippen molar-refractivity contribution < 1.29 is 19.5 Å². The van der Waals surface area contributed by atoms with E-state index in [4.69, 9.17) is 9.90 Å². The second kappa shape index (κ2) is 18.4. The van der Waals surface area contributed by atoms with E-state index in [1.807, 2.05) is 16.8 Å². The molecule has 1 aliphatic carbocycles. The molecule has 3 amide bonds. The average molecular weight is 485 g/mol. The van der Waals surface area contributed by atoms with E-state index < -0.39 is 6.10 Å². The van der Waals surface area contributed by atoms with Crippen LogP contribution in [-0.4, -0.2) is 66.0 Å². The maximum atomic E-state index is 11.3. The number of β-amino-alcohol motifs (C(OH)–C–C–N with tert-alkyl or cyclic N) is 1. The molecule has 2 fully saturated rings. The molecule has 1 aromatic rings. The lowest BCUT2D eigenvalue weighted by atomic mass is 9.88. The second-order valence-electron chi connectivity index (χ2n) is 8.97. The van der Waals surface area contributed by atoms with Crippen LogP contribution in [0.1, 0.15) is 82.7 Å². The smallest absolute Gasteiger partial charge is 0.242 e. The minimum absolute atomic E-state index is 0.0298. The molecule has 0 radical (unpaired) electrons. The van der Waals surface area contributed by atoms with Gasteiger partial charge in [-0.2, -0.15) is 0 Å². The van der Waals surface area contributed by atoms with Gasteiger partial charge in [-0.25, -0.2) is 4.98 Å². The molecule has 1 aliphatic heterocycles. The number of aliphatic hydroxyl groups is 1. The molecular formula is C24H44N4O4S. The van der Waals surface area contributed by atoms with Crippen LogP contribution in [0.2, 0.25) is 0 Å². The molecule has 3 N–H and O–H groups in total. The van der Waals surface area contributed by atoms with Crippen LogP contribution in [0.5, 0.6) is 0 Å². The van der Waals surface area contributed by atoms with Crippen LogP contribution in [0, 0.1) is 12.8 Å². The number of aromatic nitrogens is 1. The zero-order valence-electron chi connectivity index (χ0n) is 21.2. The highest BCUT2D eigenvalue weighted by Crippen LogP contribution is 2.35. The van der Waals surface area contributed by atoms with E-state index in [2.05, 4.69) is 43.3 Å². The summed E-state index contributed by atoms with van der Waals surface area (Å²) in [5.41, 5.74) is 3.26. The fraction of sp³-hybridized carbons (Fsp3) is 0.750. The van der Waals surface area contributed by atoms with Gasteiger partial charge in [-0.05, 0) is 38.0 Å². The number of aliphatic hydroxyl groups excluding tert-OH is 1. The van der Waals surface area contributed by atoms with Gasteiger partial charge in [0.25, 0.3) is 0 Å². The van der Waals surface area contributed by atoms with Gasteiger partial charge in [0.05, 0.1) is 23.9 Å². The predicted octanol–water partition coefficient (Wildman–Crippen LogP) is 3.24. The molecule has 1 aromatic heterocycles. The Morgan fingerprint density at radius 1 is 1.24 bits per heavy atom. The second-order valence-corrected chi connectivity index (χ2v) is 9.85. The van der Waals surface area contributed by atoms with Crippen LogP contribution in [0.25, 0.3) is 0 Å². The van der Waals surface area contributed by atoms with Gasteiger partial charge in [0.1, 0.15) is 0 Å². The molecule has 1 unspecified atom stereocenters. The number of hydrogen-bond donors (Lipinski definition) is 3.